The fourth-order valence-corrected chi connectivity index (χ4v) is 6.78. The lowest BCUT2D eigenvalue weighted by atomic mass is 10.0. The molecule has 6 N–H and O–H groups in total. The number of rotatable bonds is 6. The van der Waals surface area contributed by atoms with Gasteiger partial charge in [-0.3, -0.25) is 33.4 Å². The van der Waals surface area contributed by atoms with Gasteiger partial charge in [-0.15, -0.1) is 0 Å². The molecule has 0 radical (unpaired) electrons. The average molecular weight is 717 g/mol. The van der Waals surface area contributed by atoms with E-state index in [1.807, 2.05) is 42.5 Å². The summed E-state index contributed by atoms with van der Waals surface area (Å²) in [5, 5.41) is 29.3. The number of aryl methyl sites for hydroxylation is 1. The molecule has 2 fully saturated rings. The Labute approximate surface area is 302 Å². The molecule has 6 atom stereocenters. The monoisotopic (exact) mass is 716 g/mol. The standard InChI is InChI=1S/C37H48N8O7/c1-4-25-32(47)42-30(22(2)46)35(50)41-27(21-23-13-6-5-7-14-23)37(52)45-20-12-18-29(45)34(49)38-19-11-10-16-26(33(48)39-25)40-36(51)31-24-15-8-9-17-28(24)44(3)43-31/h5-9,13-15,17,22,25-27,29-30,46H,4,10-12,16,18-21H2,1-3H3,(H,38,49)(H,39,48)(H,40,51)(H,41,50)(H,42,47)/t22-,25+,26+,27-,29+,30+/m1/s1. The highest BCUT2D eigenvalue weighted by Gasteiger charge is 2.39. The Morgan fingerprint density at radius 3 is 2.33 bits per heavy atom. The molecule has 0 spiro atoms. The SMILES string of the molecule is CC[C@@H]1NC(=O)[C@@H](NC(=O)c2nn(C)c3ccccc23)CCCCNC(=O)[C@@H]2CCCN2C(=O)[C@@H](Cc2ccccc2)NC(=O)[C@H]([C@@H](C)O)NC1=O. The largest absolute Gasteiger partial charge is 0.391 e. The number of amides is 6. The molecule has 0 saturated carbocycles. The van der Waals surface area contributed by atoms with Crippen LogP contribution in [0.5, 0.6) is 0 Å². The van der Waals surface area contributed by atoms with Crippen LogP contribution in [0.1, 0.15) is 68.4 Å². The number of aliphatic hydroxyl groups excluding tert-OH is 1. The van der Waals surface area contributed by atoms with E-state index in [0.29, 0.717) is 37.6 Å². The Morgan fingerprint density at radius 1 is 0.885 bits per heavy atom. The third-order valence-corrected chi connectivity index (χ3v) is 9.65. The van der Waals surface area contributed by atoms with Gasteiger partial charge in [0.05, 0.1) is 11.6 Å². The van der Waals surface area contributed by atoms with Crippen molar-refractivity contribution in [3.05, 3.63) is 65.9 Å². The molecule has 0 unspecified atom stereocenters. The molecule has 5 rings (SSSR count). The summed E-state index contributed by atoms with van der Waals surface area (Å²) in [5.41, 5.74) is 1.65. The van der Waals surface area contributed by atoms with Crippen LogP contribution >= 0.6 is 0 Å². The van der Waals surface area contributed by atoms with Gasteiger partial charge < -0.3 is 36.6 Å². The van der Waals surface area contributed by atoms with Crippen molar-refractivity contribution in [1.29, 1.82) is 0 Å². The van der Waals surface area contributed by atoms with Crippen molar-refractivity contribution in [2.24, 2.45) is 7.05 Å². The first-order chi connectivity index (χ1) is 25.0. The minimum absolute atomic E-state index is 0.117. The van der Waals surface area contributed by atoms with Crippen molar-refractivity contribution in [3.8, 4) is 0 Å². The van der Waals surface area contributed by atoms with Gasteiger partial charge >= 0.3 is 0 Å². The van der Waals surface area contributed by atoms with Crippen molar-refractivity contribution in [3.63, 3.8) is 0 Å². The minimum atomic E-state index is -1.47. The van der Waals surface area contributed by atoms with Crippen LogP contribution in [0.4, 0.5) is 0 Å². The molecule has 6 amide bonds. The number of hydrogen-bond donors (Lipinski definition) is 6. The fourth-order valence-electron chi connectivity index (χ4n) is 6.78. The molecule has 278 valence electrons. The second-order valence-corrected chi connectivity index (χ2v) is 13.4. The molecule has 2 aliphatic heterocycles. The number of para-hydroxylation sites is 1. The Kier molecular flexibility index (Phi) is 12.6. The number of carbonyl (C=O) groups excluding carboxylic acids is 6. The van der Waals surface area contributed by atoms with Gasteiger partial charge in [0.2, 0.25) is 29.5 Å². The highest BCUT2D eigenvalue weighted by molar-refractivity contribution is 6.06. The van der Waals surface area contributed by atoms with Gasteiger partial charge in [-0.05, 0) is 57.1 Å². The van der Waals surface area contributed by atoms with E-state index < -0.39 is 65.8 Å². The molecule has 2 aliphatic rings. The first-order valence-corrected chi connectivity index (χ1v) is 17.9. The zero-order chi connectivity index (χ0) is 37.4. The average Bonchev–Trinajstić information content (AvgIpc) is 3.76. The topological polar surface area (TPSA) is 204 Å². The highest BCUT2D eigenvalue weighted by atomic mass is 16.3. The summed E-state index contributed by atoms with van der Waals surface area (Å²) in [6.07, 6.45) is 1.01. The lowest BCUT2D eigenvalue weighted by molar-refractivity contribution is -0.142. The van der Waals surface area contributed by atoms with Gasteiger partial charge in [0.1, 0.15) is 30.2 Å². The van der Waals surface area contributed by atoms with Crippen LogP contribution in [0.3, 0.4) is 0 Å². The molecule has 0 bridgehead atoms. The number of nitrogens with zero attached hydrogens (tertiary/aromatic N) is 3. The fraction of sp³-hybridized carbons (Fsp3) is 0.486. The second-order valence-electron chi connectivity index (χ2n) is 13.4. The van der Waals surface area contributed by atoms with E-state index >= 15 is 0 Å². The Bertz CT molecular complexity index is 1780. The maximum atomic E-state index is 14.0. The summed E-state index contributed by atoms with van der Waals surface area (Å²) in [5.74, 6) is -3.48. The molecule has 2 saturated heterocycles. The zero-order valence-corrected chi connectivity index (χ0v) is 29.8. The second kappa shape index (κ2) is 17.3. The van der Waals surface area contributed by atoms with Crippen LogP contribution in [-0.2, 0) is 37.4 Å². The van der Waals surface area contributed by atoms with Gasteiger partial charge in [-0.1, -0.05) is 55.5 Å². The molecular formula is C37H48N8O7. The van der Waals surface area contributed by atoms with E-state index in [4.69, 9.17) is 0 Å². The number of benzene rings is 2. The number of hydrogen-bond acceptors (Lipinski definition) is 8. The molecule has 1 aromatic heterocycles. The lowest BCUT2D eigenvalue weighted by Gasteiger charge is -2.30. The quantitative estimate of drug-likeness (QED) is 0.211. The van der Waals surface area contributed by atoms with Gasteiger partial charge in [0, 0.05) is 31.9 Å². The third kappa shape index (κ3) is 8.94. The molecule has 15 heteroatoms. The summed E-state index contributed by atoms with van der Waals surface area (Å²) < 4.78 is 1.58. The van der Waals surface area contributed by atoms with Crippen LogP contribution in [0.25, 0.3) is 10.9 Å². The zero-order valence-electron chi connectivity index (χ0n) is 29.8. The molecular weight excluding hydrogens is 668 g/mol. The van der Waals surface area contributed by atoms with E-state index in [2.05, 4.69) is 31.7 Å². The maximum absolute atomic E-state index is 14.0. The predicted octanol–water partition coefficient (Wildman–Crippen LogP) is 0.451. The number of fused-ring (bicyclic) bond motifs is 2. The first kappa shape index (κ1) is 37.9. The van der Waals surface area contributed by atoms with Crippen molar-refractivity contribution in [2.45, 2.75) is 95.1 Å². The van der Waals surface area contributed by atoms with Crippen LogP contribution in [0.2, 0.25) is 0 Å². The molecule has 3 heterocycles. The minimum Gasteiger partial charge on any atom is -0.391 e. The van der Waals surface area contributed by atoms with Crippen molar-refractivity contribution in [1.82, 2.24) is 41.3 Å². The van der Waals surface area contributed by atoms with Crippen molar-refractivity contribution >= 4 is 46.3 Å². The molecule has 52 heavy (non-hydrogen) atoms. The van der Waals surface area contributed by atoms with Gasteiger partial charge in [-0.25, -0.2) is 0 Å². The summed E-state index contributed by atoms with van der Waals surface area (Å²) in [6.45, 7) is 3.61. The van der Waals surface area contributed by atoms with Crippen molar-refractivity contribution < 1.29 is 33.9 Å². The van der Waals surface area contributed by atoms with Gasteiger partial charge in [-0.2, -0.15) is 5.10 Å². The highest BCUT2D eigenvalue weighted by Crippen LogP contribution is 2.21. The van der Waals surface area contributed by atoms with Crippen molar-refractivity contribution in [2.75, 3.05) is 13.1 Å². The van der Waals surface area contributed by atoms with Gasteiger partial charge in [0.15, 0.2) is 5.69 Å². The van der Waals surface area contributed by atoms with Crippen LogP contribution in [-0.4, -0.2) is 105 Å². The number of aliphatic hydroxyl groups is 1. The summed E-state index contributed by atoms with van der Waals surface area (Å²) >= 11 is 0. The van der Waals surface area contributed by atoms with Crippen LogP contribution in [0.15, 0.2) is 54.6 Å². The Hall–Kier alpha value is -5.31. The molecule has 0 aliphatic carbocycles. The Balaban J connectivity index is 1.41. The smallest absolute Gasteiger partial charge is 0.273 e. The third-order valence-electron chi connectivity index (χ3n) is 9.65. The normalized spacial score (nSPS) is 24.7. The number of carbonyl (C=O) groups is 6. The van der Waals surface area contributed by atoms with E-state index in [0.717, 1.165) is 11.1 Å². The van der Waals surface area contributed by atoms with E-state index in [-0.39, 0.29) is 37.4 Å². The van der Waals surface area contributed by atoms with E-state index in [1.54, 1.807) is 30.8 Å². The number of aromatic nitrogens is 2. The summed E-state index contributed by atoms with van der Waals surface area (Å²) in [6, 6.07) is 10.8. The van der Waals surface area contributed by atoms with Gasteiger partial charge in [0.25, 0.3) is 5.91 Å². The summed E-state index contributed by atoms with van der Waals surface area (Å²) in [4.78, 5) is 83.5. The Morgan fingerprint density at radius 2 is 1.60 bits per heavy atom. The lowest BCUT2D eigenvalue weighted by Crippen LogP contribution is -2.61. The molecule has 2 aromatic carbocycles. The van der Waals surface area contributed by atoms with Crippen LogP contribution in [0, 0.1) is 0 Å². The van der Waals surface area contributed by atoms with E-state index in [1.165, 1.54) is 11.8 Å². The van der Waals surface area contributed by atoms with Crippen LogP contribution < -0.4 is 26.6 Å². The molecule has 3 aromatic rings. The maximum Gasteiger partial charge on any atom is 0.273 e. The summed E-state index contributed by atoms with van der Waals surface area (Å²) in [7, 11) is 1.72. The van der Waals surface area contributed by atoms with E-state index in [9.17, 15) is 33.9 Å². The predicted molar refractivity (Wildman–Crippen MR) is 191 cm³/mol. The molecule has 15 nitrogen and oxygen atoms in total. The number of nitrogens with one attached hydrogen (secondary N) is 5. The first-order valence-electron chi connectivity index (χ1n) is 17.9.